The second-order valence-electron chi connectivity index (χ2n) is 3.21. The van der Waals surface area contributed by atoms with E-state index >= 15 is 0 Å². The average Bonchev–Trinajstić information content (AvgIpc) is 2.22. The molecular weight excluding hydrogens is 184 g/mol. The van der Waals surface area contributed by atoms with E-state index in [1.54, 1.807) is 0 Å². The molecule has 0 aromatic carbocycles. The summed E-state index contributed by atoms with van der Waals surface area (Å²) in [6.07, 6.45) is 0.826. The molecule has 1 amide bonds. The summed E-state index contributed by atoms with van der Waals surface area (Å²) >= 11 is 0. The first kappa shape index (κ1) is 12.9. The highest BCUT2D eigenvalue weighted by molar-refractivity contribution is 5.85. The number of esters is 1. The molecule has 5 nitrogen and oxygen atoms in total. The van der Waals surface area contributed by atoms with Gasteiger partial charge in [0.05, 0.1) is 13.2 Å². The molecule has 0 aliphatic heterocycles. The molecule has 1 unspecified atom stereocenters. The Hall–Kier alpha value is -1.10. The van der Waals surface area contributed by atoms with Gasteiger partial charge in [0.1, 0.15) is 6.54 Å². The lowest BCUT2D eigenvalue weighted by Gasteiger charge is -2.17. The normalized spacial score (nSPS) is 14.3. The zero-order valence-corrected chi connectivity index (χ0v) is 8.87. The van der Waals surface area contributed by atoms with Crippen molar-refractivity contribution in [3.8, 4) is 0 Å². The van der Waals surface area contributed by atoms with Crippen molar-refractivity contribution in [3.63, 3.8) is 0 Å². The predicted octanol–water partition coefficient (Wildman–Crippen LogP) is -0.351. The molecule has 5 heteroatoms. The molecule has 0 aliphatic rings. The summed E-state index contributed by atoms with van der Waals surface area (Å²) in [5.41, 5.74) is 5.63. The van der Waals surface area contributed by atoms with Crippen LogP contribution in [0.25, 0.3) is 0 Å². The van der Waals surface area contributed by atoms with E-state index in [1.807, 2.05) is 13.8 Å². The quantitative estimate of drug-likeness (QED) is 0.597. The summed E-state index contributed by atoms with van der Waals surface area (Å²) in [4.78, 5) is 22.0. The first-order valence-electron chi connectivity index (χ1n) is 4.63. The van der Waals surface area contributed by atoms with E-state index in [0.29, 0.717) is 0 Å². The molecule has 0 aromatic rings. The molecule has 0 saturated heterocycles. The molecule has 14 heavy (non-hydrogen) atoms. The number of carbonyl (C=O) groups excluding carboxylic acids is 2. The molecule has 0 bridgehead atoms. The topological polar surface area (TPSA) is 81.4 Å². The maximum Gasteiger partial charge on any atom is 0.325 e. The number of carbonyl (C=O) groups is 2. The molecule has 0 heterocycles. The molecule has 0 aromatic heterocycles. The van der Waals surface area contributed by atoms with Crippen LogP contribution in [0.1, 0.15) is 20.3 Å². The van der Waals surface area contributed by atoms with Crippen molar-refractivity contribution in [1.82, 2.24) is 5.32 Å². The van der Waals surface area contributed by atoms with Gasteiger partial charge in [0.25, 0.3) is 0 Å². The third-order valence-corrected chi connectivity index (χ3v) is 2.19. The number of hydrogen-bond acceptors (Lipinski definition) is 4. The molecule has 82 valence electrons. The van der Waals surface area contributed by atoms with Crippen LogP contribution < -0.4 is 11.1 Å². The minimum absolute atomic E-state index is 0.104. The fraction of sp³-hybridized carbons (Fsp3) is 0.778. The third kappa shape index (κ3) is 4.23. The fourth-order valence-corrected chi connectivity index (χ4v) is 0.862. The predicted molar refractivity (Wildman–Crippen MR) is 52.5 cm³/mol. The van der Waals surface area contributed by atoms with Gasteiger partial charge in [0.15, 0.2) is 0 Å². The van der Waals surface area contributed by atoms with Crippen molar-refractivity contribution in [1.29, 1.82) is 0 Å². The van der Waals surface area contributed by atoms with Crippen LogP contribution >= 0.6 is 0 Å². The monoisotopic (exact) mass is 202 g/mol. The molecule has 0 rings (SSSR count). The van der Waals surface area contributed by atoms with Crippen LogP contribution in [0, 0.1) is 5.92 Å². The number of hydrogen-bond donors (Lipinski definition) is 2. The first-order valence-corrected chi connectivity index (χ1v) is 4.63. The van der Waals surface area contributed by atoms with Gasteiger partial charge in [-0.15, -0.1) is 0 Å². The second-order valence-corrected chi connectivity index (χ2v) is 3.21. The molecule has 0 spiro atoms. The van der Waals surface area contributed by atoms with Crippen molar-refractivity contribution in [2.45, 2.75) is 26.3 Å². The zero-order valence-electron chi connectivity index (χ0n) is 8.87. The number of nitrogens with two attached hydrogens (primary N) is 1. The van der Waals surface area contributed by atoms with Gasteiger partial charge in [-0.3, -0.25) is 9.59 Å². The van der Waals surface area contributed by atoms with Crippen LogP contribution in [0.2, 0.25) is 0 Å². The van der Waals surface area contributed by atoms with Gasteiger partial charge >= 0.3 is 5.97 Å². The van der Waals surface area contributed by atoms with Gasteiger partial charge in [0.2, 0.25) is 5.91 Å². The van der Waals surface area contributed by atoms with Crippen molar-refractivity contribution >= 4 is 11.9 Å². The first-order chi connectivity index (χ1) is 6.52. The van der Waals surface area contributed by atoms with E-state index in [-0.39, 0.29) is 18.4 Å². The van der Waals surface area contributed by atoms with Gasteiger partial charge < -0.3 is 15.8 Å². The van der Waals surface area contributed by atoms with Gasteiger partial charge in [0, 0.05) is 0 Å². The lowest BCUT2D eigenvalue weighted by molar-refractivity contribution is -0.141. The zero-order chi connectivity index (χ0) is 11.1. The van der Waals surface area contributed by atoms with E-state index in [0.717, 1.165) is 6.42 Å². The Balaban J connectivity index is 3.90. The number of rotatable bonds is 5. The summed E-state index contributed by atoms with van der Waals surface area (Å²) in [6.45, 7) is 3.72. The molecule has 0 fully saturated rings. The molecule has 0 aliphatic carbocycles. The number of nitrogens with one attached hydrogen (secondary N) is 1. The Labute approximate surface area is 84.0 Å². The maximum absolute atomic E-state index is 11.3. The molecular formula is C9H18N2O3. The third-order valence-electron chi connectivity index (χ3n) is 2.19. The van der Waals surface area contributed by atoms with E-state index in [4.69, 9.17) is 5.73 Å². The van der Waals surface area contributed by atoms with Gasteiger partial charge in [-0.25, -0.2) is 0 Å². The number of methoxy groups -OCH3 is 1. The highest BCUT2D eigenvalue weighted by Crippen LogP contribution is 2.04. The van der Waals surface area contributed by atoms with Gasteiger partial charge in [-0.2, -0.15) is 0 Å². The summed E-state index contributed by atoms with van der Waals surface area (Å²) in [5, 5.41) is 2.41. The van der Waals surface area contributed by atoms with E-state index in [2.05, 4.69) is 10.1 Å². The minimum Gasteiger partial charge on any atom is -0.468 e. The number of amides is 1. The average molecular weight is 202 g/mol. The lowest BCUT2D eigenvalue weighted by Crippen LogP contribution is -2.46. The maximum atomic E-state index is 11.3. The SMILES string of the molecule is CCC(C)[C@H](N)C(=O)NCC(=O)OC. The molecule has 2 atom stereocenters. The lowest BCUT2D eigenvalue weighted by atomic mass is 9.99. The highest BCUT2D eigenvalue weighted by Gasteiger charge is 2.19. The van der Waals surface area contributed by atoms with E-state index < -0.39 is 12.0 Å². The van der Waals surface area contributed by atoms with Crippen LogP contribution in [0.4, 0.5) is 0 Å². The Kier molecular flexibility index (Phi) is 5.87. The van der Waals surface area contributed by atoms with Crippen molar-refractivity contribution in [2.75, 3.05) is 13.7 Å². The Morgan fingerprint density at radius 2 is 2.07 bits per heavy atom. The second kappa shape index (κ2) is 6.37. The standard InChI is InChI=1S/C9H18N2O3/c1-4-6(2)8(10)9(13)11-5-7(12)14-3/h6,8H,4-5,10H2,1-3H3,(H,11,13)/t6?,8-/m0/s1. The van der Waals surface area contributed by atoms with Crippen LogP contribution in [-0.2, 0) is 14.3 Å². The van der Waals surface area contributed by atoms with Crippen molar-refractivity contribution in [3.05, 3.63) is 0 Å². The Morgan fingerprint density at radius 1 is 1.50 bits per heavy atom. The van der Waals surface area contributed by atoms with Crippen molar-refractivity contribution in [2.24, 2.45) is 11.7 Å². The van der Waals surface area contributed by atoms with Crippen LogP contribution in [-0.4, -0.2) is 31.6 Å². The smallest absolute Gasteiger partial charge is 0.325 e. The van der Waals surface area contributed by atoms with Gasteiger partial charge in [-0.1, -0.05) is 20.3 Å². The molecule has 0 radical (unpaired) electrons. The summed E-state index contributed by atoms with van der Waals surface area (Å²) < 4.78 is 4.37. The highest BCUT2D eigenvalue weighted by atomic mass is 16.5. The minimum atomic E-state index is -0.565. The van der Waals surface area contributed by atoms with E-state index in [1.165, 1.54) is 7.11 Å². The van der Waals surface area contributed by atoms with Crippen LogP contribution in [0.5, 0.6) is 0 Å². The van der Waals surface area contributed by atoms with Crippen LogP contribution in [0.3, 0.4) is 0 Å². The summed E-state index contributed by atoms with van der Waals surface area (Å²) in [7, 11) is 1.27. The molecule has 0 saturated carbocycles. The number of ether oxygens (including phenoxy) is 1. The Morgan fingerprint density at radius 3 is 2.50 bits per heavy atom. The molecule has 3 N–H and O–H groups in total. The summed E-state index contributed by atoms with van der Waals surface area (Å²) in [5.74, 6) is -0.688. The largest absolute Gasteiger partial charge is 0.468 e. The van der Waals surface area contributed by atoms with Gasteiger partial charge in [-0.05, 0) is 5.92 Å². The van der Waals surface area contributed by atoms with Crippen LogP contribution in [0.15, 0.2) is 0 Å². The Bertz CT molecular complexity index is 206. The summed E-state index contributed by atoms with van der Waals surface area (Å²) in [6, 6.07) is -0.565. The van der Waals surface area contributed by atoms with Crippen molar-refractivity contribution < 1.29 is 14.3 Å². The fourth-order valence-electron chi connectivity index (χ4n) is 0.862. The van der Waals surface area contributed by atoms with E-state index in [9.17, 15) is 9.59 Å².